The molecule has 1 heterocycles. The molecule has 0 saturated heterocycles. The maximum Gasteiger partial charge on any atom is 0.303 e. The Hall–Kier alpha value is -3.22. The van der Waals surface area contributed by atoms with Crippen LogP contribution in [0.2, 0.25) is 0 Å². The van der Waals surface area contributed by atoms with E-state index in [0.29, 0.717) is 23.5 Å². The number of ether oxygens (including phenoxy) is 2. The number of methoxy groups -OCH3 is 1. The van der Waals surface area contributed by atoms with E-state index in [1.54, 1.807) is 17.0 Å². The van der Waals surface area contributed by atoms with Gasteiger partial charge in [0.1, 0.15) is 0 Å². The predicted octanol–water partition coefficient (Wildman–Crippen LogP) is 3.11. The number of para-hydroxylation sites is 1. The lowest BCUT2D eigenvalue weighted by atomic mass is 10.1. The average Bonchev–Trinajstić information content (AvgIpc) is 3.00. The molecule has 0 unspecified atom stereocenters. The zero-order valence-corrected chi connectivity index (χ0v) is 16.0. The van der Waals surface area contributed by atoms with Crippen LogP contribution in [0.25, 0.3) is 0 Å². The van der Waals surface area contributed by atoms with E-state index in [1.807, 2.05) is 31.2 Å². The number of nitrogens with two attached hydrogens (primary N) is 1. The molecule has 1 atom stereocenters. The molecule has 7 nitrogen and oxygen atoms in total. The summed E-state index contributed by atoms with van der Waals surface area (Å²) in [7, 11) is 1.48. The zero-order chi connectivity index (χ0) is 20.3. The van der Waals surface area contributed by atoms with Crippen molar-refractivity contribution in [2.75, 3.05) is 24.4 Å². The van der Waals surface area contributed by atoms with Gasteiger partial charge in [0, 0.05) is 29.9 Å². The van der Waals surface area contributed by atoms with E-state index >= 15 is 0 Å². The van der Waals surface area contributed by atoms with Crippen molar-refractivity contribution < 1.29 is 24.2 Å². The summed E-state index contributed by atoms with van der Waals surface area (Å²) < 4.78 is 11.0. The Balaban J connectivity index is 1.84. The molecular weight excluding hydrogens is 360 g/mol. The molecular formula is C21H24N2O5. The molecule has 2 aromatic rings. The topological polar surface area (TPSA) is 102 Å². The van der Waals surface area contributed by atoms with Gasteiger partial charge < -0.3 is 25.2 Å². The van der Waals surface area contributed by atoms with E-state index in [2.05, 4.69) is 0 Å². The number of carboxylic acid groups (broad SMARTS) is 1. The smallest absolute Gasteiger partial charge is 0.303 e. The first kappa shape index (κ1) is 19.5. The van der Waals surface area contributed by atoms with E-state index in [1.165, 1.54) is 7.11 Å². The Kier molecular flexibility index (Phi) is 5.73. The van der Waals surface area contributed by atoms with Gasteiger partial charge in [-0.3, -0.25) is 9.59 Å². The number of fused-ring (bicyclic) bond motifs is 1. The number of rotatable bonds is 7. The first-order valence-electron chi connectivity index (χ1n) is 9.16. The number of nitrogen functional groups attached to an aromatic ring is 1. The third-order valence-corrected chi connectivity index (χ3v) is 4.78. The van der Waals surface area contributed by atoms with Gasteiger partial charge >= 0.3 is 5.97 Å². The molecule has 3 rings (SSSR count). The second-order valence-corrected chi connectivity index (χ2v) is 6.79. The fourth-order valence-electron chi connectivity index (χ4n) is 3.44. The molecule has 0 spiro atoms. The summed E-state index contributed by atoms with van der Waals surface area (Å²) in [5.41, 5.74) is 8.81. The summed E-state index contributed by atoms with van der Waals surface area (Å²) in [5, 5.41) is 8.71. The third kappa shape index (κ3) is 3.88. The number of hydrogen-bond donors (Lipinski definition) is 2. The fourth-order valence-corrected chi connectivity index (χ4v) is 3.44. The summed E-state index contributed by atoms with van der Waals surface area (Å²) in [4.78, 5) is 25.6. The van der Waals surface area contributed by atoms with Gasteiger partial charge in [0.05, 0.1) is 19.3 Å². The number of amides is 1. The first-order valence-corrected chi connectivity index (χ1v) is 9.16. The van der Waals surface area contributed by atoms with E-state index in [9.17, 15) is 9.59 Å². The van der Waals surface area contributed by atoms with Crippen LogP contribution in [0.1, 0.15) is 35.7 Å². The third-order valence-electron chi connectivity index (χ3n) is 4.78. The lowest BCUT2D eigenvalue weighted by molar-refractivity contribution is -0.137. The van der Waals surface area contributed by atoms with Gasteiger partial charge in [-0.25, -0.2) is 0 Å². The highest BCUT2D eigenvalue weighted by molar-refractivity contribution is 6.11. The molecule has 3 N–H and O–H groups in total. The van der Waals surface area contributed by atoms with Crippen LogP contribution < -0.4 is 20.1 Å². The van der Waals surface area contributed by atoms with Gasteiger partial charge in [0.2, 0.25) is 0 Å². The number of hydrogen-bond acceptors (Lipinski definition) is 5. The molecule has 1 aliphatic rings. The van der Waals surface area contributed by atoms with Crippen LogP contribution in [0.4, 0.5) is 11.4 Å². The van der Waals surface area contributed by atoms with Gasteiger partial charge in [-0.15, -0.1) is 0 Å². The van der Waals surface area contributed by atoms with Crippen LogP contribution in [-0.2, 0) is 11.2 Å². The molecule has 0 aromatic heterocycles. The number of benzene rings is 2. The van der Waals surface area contributed by atoms with Crippen LogP contribution in [0, 0.1) is 0 Å². The number of carboxylic acids is 1. The van der Waals surface area contributed by atoms with Crippen molar-refractivity contribution >= 4 is 23.3 Å². The van der Waals surface area contributed by atoms with Crippen molar-refractivity contribution in [3.63, 3.8) is 0 Å². The van der Waals surface area contributed by atoms with Gasteiger partial charge in [0.25, 0.3) is 5.91 Å². The summed E-state index contributed by atoms with van der Waals surface area (Å²) in [6.45, 7) is 2.22. The normalized spacial score (nSPS) is 15.2. The Morgan fingerprint density at radius 2 is 2.00 bits per heavy atom. The summed E-state index contributed by atoms with van der Waals surface area (Å²) in [6.07, 6.45) is 1.17. The predicted molar refractivity (Wildman–Crippen MR) is 106 cm³/mol. The number of carbonyl (C=O) groups excluding carboxylic acids is 1. The van der Waals surface area contributed by atoms with Crippen molar-refractivity contribution in [3.05, 3.63) is 47.5 Å². The molecule has 1 aliphatic heterocycles. The molecule has 2 aromatic carbocycles. The van der Waals surface area contributed by atoms with Gasteiger partial charge in [-0.2, -0.15) is 0 Å². The average molecular weight is 384 g/mol. The lowest BCUT2D eigenvalue weighted by Gasteiger charge is -2.24. The van der Waals surface area contributed by atoms with E-state index in [4.69, 9.17) is 20.3 Å². The number of anilines is 2. The largest absolute Gasteiger partial charge is 0.493 e. The van der Waals surface area contributed by atoms with E-state index < -0.39 is 5.97 Å². The minimum atomic E-state index is -0.879. The van der Waals surface area contributed by atoms with Crippen LogP contribution in [-0.4, -0.2) is 36.7 Å². The highest BCUT2D eigenvalue weighted by atomic mass is 16.5. The maximum absolute atomic E-state index is 13.2. The van der Waals surface area contributed by atoms with Crippen molar-refractivity contribution in [1.82, 2.24) is 0 Å². The SMILES string of the molecule is COc1cc(C(=O)N2c3ccccc3C[C@H]2C)c(N)cc1OCCCC(=O)O. The zero-order valence-electron chi connectivity index (χ0n) is 16.0. The monoisotopic (exact) mass is 384 g/mol. The summed E-state index contributed by atoms with van der Waals surface area (Å²) >= 11 is 0. The molecule has 0 fully saturated rings. The first-order chi connectivity index (χ1) is 13.4. The van der Waals surface area contributed by atoms with Crippen molar-refractivity contribution in [2.45, 2.75) is 32.2 Å². The molecule has 148 valence electrons. The highest BCUT2D eigenvalue weighted by Gasteiger charge is 2.32. The van der Waals surface area contributed by atoms with Crippen molar-refractivity contribution in [1.29, 1.82) is 0 Å². The Morgan fingerprint density at radius 3 is 2.71 bits per heavy atom. The van der Waals surface area contributed by atoms with Crippen LogP contribution in [0.3, 0.4) is 0 Å². The Morgan fingerprint density at radius 1 is 1.25 bits per heavy atom. The van der Waals surface area contributed by atoms with Crippen LogP contribution in [0.5, 0.6) is 11.5 Å². The Bertz CT molecular complexity index is 896. The molecule has 0 bridgehead atoms. The van der Waals surface area contributed by atoms with Gasteiger partial charge in [-0.05, 0) is 37.5 Å². The number of carbonyl (C=O) groups is 2. The Labute approximate surface area is 163 Å². The highest BCUT2D eigenvalue weighted by Crippen LogP contribution is 2.37. The lowest BCUT2D eigenvalue weighted by Crippen LogP contribution is -2.36. The van der Waals surface area contributed by atoms with Crippen LogP contribution in [0.15, 0.2) is 36.4 Å². The van der Waals surface area contributed by atoms with Crippen molar-refractivity contribution in [2.24, 2.45) is 0 Å². The van der Waals surface area contributed by atoms with Crippen molar-refractivity contribution in [3.8, 4) is 11.5 Å². The minimum absolute atomic E-state index is 0.0145. The molecule has 7 heteroatoms. The maximum atomic E-state index is 13.2. The van der Waals surface area contributed by atoms with Gasteiger partial charge in [-0.1, -0.05) is 18.2 Å². The van der Waals surface area contributed by atoms with E-state index in [-0.39, 0.29) is 30.7 Å². The second kappa shape index (κ2) is 8.21. The second-order valence-electron chi connectivity index (χ2n) is 6.79. The number of nitrogens with zero attached hydrogens (tertiary/aromatic N) is 1. The molecule has 0 aliphatic carbocycles. The summed E-state index contributed by atoms with van der Waals surface area (Å²) in [5.74, 6) is -0.300. The van der Waals surface area contributed by atoms with Crippen LogP contribution >= 0.6 is 0 Å². The van der Waals surface area contributed by atoms with E-state index in [0.717, 1.165) is 17.7 Å². The quantitative estimate of drug-likeness (QED) is 0.562. The molecule has 28 heavy (non-hydrogen) atoms. The van der Waals surface area contributed by atoms with Gasteiger partial charge in [0.15, 0.2) is 11.5 Å². The molecule has 0 saturated carbocycles. The minimum Gasteiger partial charge on any atom is -0.493 e. The number of aliphatic carboxylic acids is 1. The standard InChI is InChI=1S/C21H24N2O5/c1-13-10-14-6-3-4-7-17(14)23(13)21(26)15-11-18(27-2)19(12-16(15)22)28-9-5-8-20(24)25/h3-4,6-7,11-13H,5,8-10,22H2,1-2H3,(H,24,25)/t13-/m1/s1. The summed E-state index contributed by atoms with van der Waals surface area (Å²) in [6, 6.07) is 11.0. The molecule has 1 amide bonds. The fraction of sp³-hybridized carbons (Fsp3) is 0.333. The molecule has 0 radical (unpaired) electrons.